The summed E-state index contributed by atoms with van der Waals surface area (Å²) in [5.41, 5.74) is 4.46. The van der Waals surface area contributed by atoms with Crippen LogP contribution < -0.4 is 10.6 Å². The van der Waals surface area contributed by atoms with Gasteiger partial charge in [-0.15, -0.1) is 0 Å². The Kier molecular flexibility index (Phi) is 4.89. The first-order valence-electron chi connectivity index (χ1n) is 9.05. The number of carbonyl (C=O) groups is 1. The summed E-state index contributed by atoms with van der Waals surface area (Å²) in [6.45, 7) is 1.90. The first-order valence-corrected chi connectivity index (χ1v) is 9.05. The van der Waals surface area contributed by atoms with Crippen molar-refractivity contribution in [2.24, 2.45) is 0 Å². The van der Waals surface area contributed by atoms with E-state index in [1.807, 2.05) is 97.9 Å². The molecule has 138 valence electrons. The van der Waals surface area contributed by atoms with Gasteiger partial charge in [0.1, 0.15) is 5.82 Å². The topological polar surface area (TPSA) is 59.0 Å². The molecule has 1 heterocycles. The van der Waals surface area contributed by atoms with Gasteiger partial charge in [0, 0.05) is 11.6 Å². The van der Waals surface area contributed by atoms with Crippen LogP contribution in [-0.2, 0) is 0 Å². The largest absolute Gasteiger partial charge is 0.324 e. The lowest BCUT2D eigenvalue weighted by molar-refractivity contribution is 0.262. The van der Waals surface area contributed by atoms with Crippen molar-refractivity contribution in [2.75, 3.05) is 10.6 Å². The van der Waals surface area contributed by atoms with Crippen molar-refractivity contribution in [3.63, 3.8) is 0 Å². The molecule has 4 aromatic rings. The molecule has 5 nitrogen and oxygen atoms in total. The third kappa shape index (κ3) is 3.78. The highest BCUT2D eigenvalue weighted by Crippen LogP contribution is 2.27. The Morgan fingerprint density at radius 2 is 1.46 bits per heavy atom. The maximum absolute atomic E-state index is 12.7. The molecule has 0 fully saturated rings. The van der Waals surface area contributed by atoms with Crippen LogP contribution >= 0.6 is 0 Å². The fourth-order valence-electron chi connectivity index (χ4n) is 3.09. The second-order valence-electron chi connectivity index (χ2n) is 6.41. The summed E-state index contributed by atoms with van der Waals surface area (Å²) >= 11 is 0. The van der Waals surface area contributed by atoms with Crippen molar-refractivity contribution >= 4 is 17.5 Å². The quantitative estimate of drug-likeness (QED) is 0.500. The highest BCUT2D eigenvalue weighted by atomic mass is 16.2. The van der Waals surface area contributed by atoms with Crippen LogP contribution in [0.25, 0.3) is 16.8 Å². The third-order valence-electron chi connectivity index (χ3n) is 4.33. The Hall–Kier alpha value is -3.86. The van der Waals surface area contributed by atoms with E-state index in [0.717, 1.165) is 28.2 Å². The maximum atomic E-state index is 12.7. The standard InChI is InChI=1S/C23H20N4O/c1-17-16-22(27(26-17)19-12-6-3-7-13-19)25-23(28)24-21-15-9-8-14-20(21)18-10-4-2-5-11-18/h2-16H,1H3,(H2,24,25,28). The summed E-state index contributed by atoms with van der Waals surface area (Å²) in [5.74, 6) is 0.610. The van der Waals surface area contributed by atoms with Gasteiger partial charge in [-0.2, -0.15) is 5.10 Å². The average molecular weight is 368 g/mol. The van der Waals surface area contributed by atoms with E-state index >= 15 is 0 Å². The first kappa shape index (κ1) is 17.5. The second-order valence-corrected chi connectivity index (χ2v) is 6.41. The van der Waals surface area contributed by atoms with E-state index < -0.39 is 0 Å². The number of amides is 2. The van der Waals surface area contributed by atoms with E-state index in [0.29, 0.717) is 5.82 Å². The van der Waals surface area contributed by atoms with Gasteiger partial charge in [0.2, 0.25) is 0 Å². The lowest BCUT2D eigenvalue weighted by atomic mass is 10.0. The Balaban J connectivity index is 1.57. The molecule has 0 aliphatic rings. The average Bonchev–Trinajstić information content (AvgIpc) is 3.09. The molecule has 0 radical (unpaired) electrons. The number of aryl methyl sites for hydroxylation is 1. The number of hydrogen-bond donors (Lipinski definition) is 2. The fraction of sp³-hybridized carbons (Fsp3) is 0.0435. The van der Waals surface area contributed by atoms with Crippen molar-refractivity contribution in [1.29, 1.82) is 0 Å². The van der Waals surface area contributed by atoms with Crippen LogP contribution in [-0.4, -0.2) is 15.8 Å². The van der Waals surface area contributed by atoms with Crippen LogP contribution in [0.1, 0.15) is 5.69 Å². The van der Waals surface area contributed by atoms with E-state index in [4.69, 9.17) is 0 Å². The van der Waals surface area contributed by atoms with Gasteiger partial charge in [-0.05, 0) is 30.7 Å². The molecule has 0 spiro atoms. The minimum absolute atomic E-state index is 0.319. The summed E-state index contributed by atoms with van der Waals surface area (Å²) in [5, 5.41) is 10.3. The van der Waals surface area contributed by atoms with Gasteiger partial charge in [-0.25, -0.2) is 9.48 Å². The molecule has 0 aliphatic heterocycles. The Morgan fingerprint density at radius 1 is 0.821 bits per heavy atom. The third-order valence-corrected chi connectivity index (χ3v) is 4.33. The van der Waals surface area contributed by atoms with Crippen LogP contribution in [0.2, 0.25) is 0 Å². The number of carbonyl (C=O) groups excluding carboxylic acids is 1. The molecule has 0 bridgehead atoms. The summed E-state index contributed by atoms with van der Waals surface area (Å²) < 4.78 is 1.72. The Labute approximate surface area is 163 Å². The Bertz CT molecular complexity index is 1090. The van der Waals surface area contributed by atoms with Gasteiger partial charge in [0.15, 0.2) is 0 Å². The van der Waals surface area contributed by atoms with E-state index in [2.05, 4.69) is 15.7 Å². The fourth-order valence-corrected chi connectivity index (χ4v) is 3.09. The summed E-state index contributed by atoms with van der Waals surface area (Å²) in [6, 6.07) is 28.9. The molecule has 1 aromatic heterocycles. The van der Waals surface area contributed by atoms with Crippen LogP contribution in [0, 0.1) is 6.92 Å². The number of urea groups is 1. The van der Waals surface area contributed by atoms with E-state index in [1.165, 1.54) is 0 Å². The zero-order valence-electron chi connectivity index (χ0n) is 15.5. The van der Waals surface area contributed by atoms with Gasteiger partial charge in [-0.3, -0.25) is 5.32 Å². The number of para-hydroxylation sites is 2. The highest BCUT2D eigenvalue weighted by molar-refractivity contribution is 6.02. The van der Waals surface area contributed by atoms with Crippen molar-refractivity contribution in [3.05, 3.63) is 96.7 Å². The van der Waals surface area contributed by atoms with E-state index in [-0.39, 0.29) is 6.03 Å². The predicted octanol–water partition coefficient (Wildman–Crippen LogP) is 5.49. The number of rotatable bonds is 4. The number of benzene rings is 3. The normalized spacial score (nSPS) is 10.5. The van der Waals surface area contributed by atoms with E-state index in [1.54, 1.807) is 4.68 Å². The van der Waals surface area contributed by atoms with Gasteiger partial charge in [0.25, 0.3) is 0 Å². The monoisotopic (exact) mass is 368 g/mol. The van der Waals surface area contributed by atoms with Gasteiger partial charge in [0.05, 0.1) is 17.1 Å². The minimum Gasteiger partial charge on any atom is -0.307 e. The summed E-state index contributed by atoms with van der Waals surface area (Å²) in [6.07, 6.45) is 0. The van der Waals surface area contributed by atoms with Crippen molar-refractivity contribution in [2.45, 2.75) is 6.92 Å². The van der Waals surface area contributed by atoms with Gasteiger partial charge < -0.3 is 5.32 Å². The smallest absolute Gasteiger partial charge is 0.307 e. The molecular formula is C23H20N4O. The number of nitrogens with one attached hydrogen (secondary N) is 2. The zero-order valence-corrected chi connectivity index (χ0v) is 15.5. The maximum Gasteiger partial charge on any atom is 0.324 e. The molecule has 0 saturated heterocycles. The van der Waals surface area contributed by atoms with Crippen molar-refractivity contribution in [3.8, 4) is 16.8 Å². The van der Waals surface area contributed by atoms with Crippen LogP contribution in [0.4, 0.5) is 16.3 Å². The molecule has 0 saturated carbocycles. The molecule has 3 aromatic carbocycles. The number of hydrogen-bond acceptors (Lipinski definition) is 2. The van der Waals surface area contributed by atoms with Crippen molar-refractivity contribution in [1.82, 2.24) is 9.78 Å². The SMILES string of the molecule is Cc1cc(NC(=O)Nc2ccccc2-c2ccccc2)n(-c2ccccc2)n1. The number of nitrogens with zero attached hydrogens (tertiary/aromatic N) is 2. The number of aromatic nitrogens is 2. The first-order chi connectivity index (χ1) is 13.7. The van der Waals surface area contributed by atoms with Gasteiger partial charge >= 0.3 is 6.03 Å². The second kappa shape index (κ2) is 7.80. The molecule has 4 rings (SSSR count). The lowest BCUT2D eigenvalue weighted by Crippen LogP contribution is -2.21. The summed E-state index contributed by atoms with van der Waals surface area (Å²) in [4.78, 5) is 12.7. The van der Waals surface area contributed by atoms with E-state index in [9.17, 15) is 4.79 Å². The van der Waals surface area contributed by atoms with Gasteiger partial charge in [-0.1, -0.05) is 66.7 Å². The minimum atomic E-state index is -0.319. The Morgan fingerprint density at radius 3 is 2.21 bits per heavy atom. The molecule has 0 atom stereocenters. The molecule has 5 heteroatoms. The molecule has 2 N–H and O–H groups in total. The van der Waals surface area contributed by atoms with Crippen molar-refractivity contribution < 1.29 is 4.79 Å². The summed E-state index contributed by atoms with van der Waals surface area (Å²) in [7, 11) is 0. The number of anilines is 2. The zero-order chi connectivity index (χ0) is 19.3. The van der Waals surface area contributed by atoms with Crippen LogP contribution in [0.5, 0.6) is 0 Å². The van der Waals surface area contributed by atoms with Crippen LogP contribution in [0.3, 0.4) is 0 Å². The molecular weight excluding hydrogens is 348 g/mol. The van der Waals surface area contributed by atoms with Crippen LogP contribution in [0.15, 0.2) is 91.0 Å². The molecule has 28 heavy (non-hydrogen) atoms. The molecule has 2 amide bonds. The molecule has 0 unspecified atom stereocenters. The predicted molar refractivity (Wildman–Crippen MR) is 113 cm³/mol. The highest BCUT2D eigenvalue weighted by Gasteiger charge is 2.12. The lowest BCUT2D eigenvalue weighted by Gasteiger charge is -2.13. The molecule has 0 aliphatic carbocycles.